The molecular formula is C20H28N2O6S. The lowest BCUT2D eigenvalue weighted by atomic mass is 9.96. The fraction of sp³-hybridized carbons (Fsp3) is 0.600. The van der Waals surface area contributed by atoms with Crippen molar-refractivity contribution in [3.8, 4) is 0 Å². The van der Waals surface area contributed by atoms with E-state index in [-0.39, 0.29) is 34.9 Å². The fourth-order valence-electron chi connectivity index (χ4n) is 3.91. The van der Waals surface area contributed by atoms with Gasteiger partial charge in [0, 0.05) is 31.7 Å². The van der Waals surface area contributed by atoms with Crippen LogP contribution in [0.3, 0.4) is 0 Å². The zero-order valence-corrected chi connectivity index (χ0v) is 17.9. The van der Waals surface area contributed by atoms with Crippen molar-refractivity contribution in [1.29, 1.82) is 0 Å². The lowest BCUT2D eigenvalue weighted by molar-refractivity contribution is -0.146. The number of carbonyl (C=O) groups is 2. The van der Waals surface area contributed by atoms with Crippen LogP contribution >= 0.6 is 0 Å². The highest BCUT2D eigenvalue weighted by atomic mass is 32.2. The number of morpholine rings is 1. The van der Waals surface area contributed by atoms with Crippen molar-refractivity contribution in [2.75, 3.05) is 33.3 Å². The number of hydrogen-bond donors (Lipinski definition) is 0. The summed E-state index contributed by atoms with van der Waals surface area (Å²) in [4.78, 5) is 26.2. The molecule has 8 nitrogen and oxygen atoms in total. The molecule has 2 aliphatic rings. The van der Waals surface area contributed by atoms with E-state index in [0.717, 1.165) is 0 Å². The van der Waals surface area contributed by atoms with Gasteiger partial charge in [-0.1, -0.05) is 0 Å². The predicted octanol–water partition coefficient (Wildman–Crippen LogP) is 1.51. The van der Waals surface area contributed by atoms with E-state index in [4.69, 9.17) is 9.47 Å². The Kier molecular flexibility index (Phi) is 6.60. The molecule has 2 saturated heterocycles. The molecule has 9 heteroatoms. The van der Waals surface area contributed by atoms with Gasteiger partial charge in [-0.25, -0.2) is 8.42 Å². The maximum atomic E-state index is 12.9. The van der Waals surface area contributed by atoms with Gasteiger partial charge in [-0.3, -0.25) is 9.59 Å². The molecule has 0 aromatic heterocycles. The average Bonchev–Trinajstić information content (AvgIpc) is 2.72. The van der Waals surface area contributed by atoms with Crippen LogP contribution in [0.1, 0.15) is 37.0 Å². The number of piperidine rings is 1. The van der Waals surface area contributed by atoms with Gasteiger partial charge in [-0.2, -0.15) is 4.31 Å². The molecule has 2 fully saturated rings. The minimum atomic E-state index is -3.64. The molecule has 0 radical (unpaired) electrons. The van der Waals surface area contributed by atoms with Gasteiger partial charge in [0.25, 0.3) is 5.91 Å². The molecule has 1 aromatic rings. The third kappa shape index (κ3) is 4.79. The quantitative estimate of drug-likeness (QED) is 0.680. The molecule has 1 aromatic carbocycles. The van der Waals surface area contributed by atoms with Crippen LogP contribution < -0.4 is 0 Å². The van der Waals surface area contributed by atoms with Crippen molar-refractivity contribution in [2.45, 2.75) is 43.8 Å². The van der Waals surface area contributed by atoms with Crippen molar-refractivity contribution in [3.05, 3.63) is 29.8 Å². The monoisotopic (exact) mass is 424 g/mol. The third-order valence-corrected chi connectivity index (χ3v) is 7.29. The number of rotatable bonds is 4. The number of carbonyl (C=O) groups excluding carboxylic acids is 2. The van der Waals surface area contributed by atoms with Gasteiger partial charge in [0.1, 0.15) is 0 Å². The highest BCUT2D eigenvalue weighted by Gasteiger charge is 2.33. The largest absolute Gasteiger partial charge is 0.469 e. The van der Waals surface area contributed by atoms with Crippen LogP contribution in [-0.4, -0.2) is 75.0 Å². The molecule has 0 unspecified atom stereocenters. The van der Waals surface area contributed by atoms with Crippen molar-refractivity contribution in [3.63, 3.8) is 0 Å². The maximum absolute atomic E-state index is 12.9. The Balaban J connectivity index is 1.67. The molecular weight excluding hydrogens is 396 g/mol. The van der Waals surface area contributed by atoms with Crippen molar-refractivity contribution in [2.24, 2.45) is 5.92 Å². The summed E-state index contributed by atoms with van der Waals surface area (Å²) in [5, 5.41) is 0. The topological polar surface area (TPSA) is 93.2 Å². The summed E-state index contributed by atoms with van der Waals surface area (Å²) in [6.07, 6.45) is 0.806. The maximum Gasteiger partial charge on any atom is 0.308 e. The molecule has 0 saturated carbocycles. The van der Waals surface area contributed by atoms with Gasteiger partial charge in [0.15, 0.2) is 0 Å². The second-order valence-electron chi connectivity index (χ2n) is 7.69. The molecule has 2 aliphatic heterocycles. The molecule has 2 heterocycles. The van der Waals surface area contributed by atoms with Gasteiger partial charge in [0.2, 0.25) is 10.0 Å². The van der Waals surface area contributed by atoms with Crippen molar-refractivity contribution < 1.29 is 27.5 Å². The Morgan fingerprint density at radius 3 is 2.10 bits per heavy atom. The molecule has 0 spiro atoms. The number of likely N-dealkylation sites (tertiary alicyclic amines) is 1. The minimum absolute atomic E-state index is 0.161. The Morgan fingerprint density at radius 2 is 1.59 bits per heavy atom. The average molecular weight is 425 g/mol. The number of ether oxygens (including phenoxy) is 2. The van der Waals surface area contributed by atoms with E-state index in [1.54, 1.807) is 17.0 Å². The Bertz CT molecular complexity index is 836. The highest BCUT2D eigenvalue weighted by molar-refractivity contribution is 7.89. The van der Waals surface area contributed by atoms with Gasteiger partial charge in [-0.15, -0.1) is 0 Å². The van der Waals surface area contributed by atoms with Crippen LogP contribution in [-0.2, 0) is 24.3 Å². The normalized spacial score (nSPS) is 24.3. The lowest BCUT2D eigenvalue weighted by Crippen LogP contribution is -2.48. The van der Waals surface area contributed by atoms with E-state index in [0.29, 0.717) is 44.6 Å². The number of hydrogen-bond acceptors (Lipinski definition) is 6. The summed E-state index contributed by atoms with van der Waals surface area (Å²) < 4.78 is 37.6. The molecule has 0 bridgehead atoms. The lowest BCUT2D eigenvalue weighted by Gasteiger charge is -2.34. The molecule has 160 valence electrons. The van der Waals surface area contributed by atoms with Crippen LogP contribution in [0.25, 0.3) is 0 Å². The first-order valence-corrected chi connectivity index (χ1v) is 11.3. The third-order valence-electron chi connectivity index (χ3n) is 5.44. The van der Waals surface area contributed by atoms with Crippen molar-refractivity contribution >= 4 is 21.9 Å². The second-order valence-corrected chi connectivity index (χ2v) is 9.63. The number of nitrogens with zero attached hydrogens (tertiary/aromatic N) is 2. The standard InChI is InChI=1S/C20H28N2O6S/c1-14-12-22(13-15(2)28-14)29(25,26)18-6-4-16(5-7-18)19(23)21-10-8-17(9-11-21)20(24)27-3/h4-7,14-15,17H,8-13H2,1-3H3/t14-,15+. The van der Waals surface area contributed by atoms with Crippen LogP contribution in [0.15, 0.2) is 29.2 Å². The predicted molar refractivity (Wildman–Crippen MR) is 106 cm³/mol. The van der Waals surface area contributed by atoms with Crippen molar-refractivity contribution in [1.82, 2.24) is 9.21 Å². The first-order valence-electron chi connectivity index (χ1n) is 9.85. The first-order chi connectivity index (χ1) is 13.7. The van der Waals surface area contributed by atoms with Crippen LogP contribution in [0.5, 0.6) is 0 Å². The molecule has 1 amide bonds. The molecule has 3 rings (SSSR count). The fourth-order valence-corrected chi connectivity index (χ4v) is 5.50. The van der Waals surface area contributed by atoms with E-state index < -0.39 is 10.0 Å². The van der Waals surface area contributed by atoms with Crippen LogP contribution in [0.4, 0.5) is 0 Å². The summed E-state index contributed by atoms with van der Waals surface area (Å²) in [6.45, 7) is 5.27. The van der Waals surface area contributed by atoms with Crippen LogP contribution in [0.2, 0.25) is 0 Å². The Labute approximate surface area is 171 Å². The molecule has 0 N–H and O–H groups in total. The zero-order chi connectivity index (χ0) is 21.2. The van der Waals surface area contributed by atoms with Crippen LogP contribution in [0, 0.1) is 5.92 Å². The highest BCUT2D eigenvalue weighted by Crippen LogP contribution is 2.23. The summed E-state index contributed by atoms with van der Waals surface area (Å²) in [6, 6.07) is 6.06. The summed E-state index contributed by atoms with van der Waals surface area (Å²) >= 11 is 0. The van der Waals surface area contributed by atoms with E-state index in [9.17, 15) is 18.0 Å². The number of esters is 1. The summed E-state index contributed by atoms with van der Waals surface area (Å²) in [7, 11) is -2.27. The SMILES string of the molecule is COC(=O)C1CCN(C(=O)c2ccc(S(=O)(=O)N3C[C@@H](C)O[C@@H](C)C3)cc2)CC1. The Morgan fingerprint density at radius 1 is 1.03 bits per heavy atom. The van der Waals surface area contributed by atoms with E-state index in [1.165, 1.54) is 23.5 Å². The molecule has 29 heavy (non-hydrogen) atoms. The van der Waals surface area contributed by atoms with Gasteiger partial charge in [0.05, 0.1) is 30.1 Å². The van der Waals surface area contributed by atoms with E-state index >= 15 is 0 Å². The van der Waals surface area contributed by atoms with E-state index in [1.807, 2.05) is 13.8 Å². The molecule has 2 atom stereocenters. The van der Waals surface area contributed by atoms with Gasteiger partial charge >= 0.3 is 5.97 Å². The number of benzene rings is 1. The molecule has 0 aliphatic carbocycles. The number of amides is 1. The minimum Gasteiger partial charge on any atom is -0.469 e. The van der Waals surface area contributed by atoms with Gasteiger partial charge in [-0.05, 0) is 51.0 Å². The second kappa shape index (κ2) is 8.81. The smallest absolute Gasteiger partial charge is 0.308 e. The number of sulfonamides is 1. The summed E-state index contributed by atoms with van der Waals surface area (Å²) in [5.41, 5.74) is 0.434. The van der Waals surface area contributed by atoms with Gasteiger partial charge < -0.3 is 14.4 Å². The van der Waals surface area contributed by atoms with E-state index in [2.05, 4.69) is 0 Å². The number of methoxy groups -OCH3 is 1. The zero-order valence-electron chi connectivity index (χ0n) is 17.0. The summed E-state index contributed by atoms with van der Waals surface area (Å²) in [5.74, 6) is -0.570. The Hall–Kier alpha value is -1.97. The first kappa shape index (κ1) is 21.7.